The normalized spacial score (nSPS) is 12.2. The number of amides is 1. The van der Waals surface area contributed by atoms with Crippen LogP contribution < -0.4 is 5.32 Å². The van der Waals surface area contributed by atoms with Gasteiger partial charge in [-0.1, -0.05) is 6.92 Å². The van der Waals surface area contributed by atoms with Crippen LogP contribution in [0.5, 0.6) is 0 Å². The third-order valence-electron chi connectivity index (χ3n) is 2.19. The van der Waals surface area contributed by atoms with Gasteiger partial charge in [0, 0.05) is 6.54 Å². The molecule has 0 fully saturated rings. The van der Waals surface area contributed by atoms with Crippen LogP contribution in [-0.2, 0) is 19.1 Å². The second-order valence-electron chi connectivity index (χ2n) is 5.05. The molecule has 0 rings (SSSR count). The van der Waals surface area contributed by atoms with Crippen LogP contribution in [0.1, 0.15) is 27.7 Å². The molecule has 0 aliphatic rings. The number of esters is 1. The zero-order chi connectivity index (χ0) is 15.1. The molecule has 8 heteroatoms. The Labute approximate surface area is 112 Å². The van der Waals surface area contributed by atoms with Gasteiger partial charge < -0.3 is 20.0 Å². The maximum Gasteiger partial charge on any atom is 0.324 e. The Morgan fingerprint density at radius 1 is 1.40 bits per heavy atom. The molecule has 0 saturated carbocycles. The van der Waals surface area contributed by atoms with E-state index >= 15 is 0 Å². The molecule has 1 unspecified atom stereocenters. The number of hydrogen-bond donors (Lipinski definition) is 2. The minimum atomic E-state index is -1.18. The van der Waals surface area contributed by atoms with E-state index in [-0.39, 0.29) is 13.1 Å². The maximum absolute atomic E-state index is 11.6. The minimum absolute atomic E-state index is 0. The number of rotatable bonds is 8. The molecule has 0 aromatic carbocycles. The van der Waals surface area contributed by atoms with E-state index in [0.717, 1.165) is 0 Å². The fourth-order valence-electron chi connectivity index (χ4n) is 1.38. The Morgan fingerprint density at radius 2 is 1.95 bits per heavy atom. The van der Waals surface area contributed by atoms with Gasteiger partial charge >= 0.3 is 11.9 Å². The van der Waals surface area contributed by atoms with E-state index in [0.29, 0.717) is 6.54 Å². The monoisotopic (exact) mass is 530 g/mol. The van der Waals surface area contributed by atoms with Crippen molar-refractivity contribution < 1.29 is 24.2 Å². The largest absolute Gasteiger partial charge is 0.520 e. The van der Waals surface area contributed by atoms with Gasteiger partial charge in [0.05, 0.1) is 6.54 Å². The second-order valence-corrected chi connectivity index (χ2v) is 5.05. The molecule has 0 radical (unpaired) electrons. The first-order valence-electron chi connectivity index (χ1n) is 5.99. The maximum atomic E-state index is 11.6. The van der Waals surface area contributed by atoms with Gasteiger partial charge in [-0.2, -0.15) is 6.41 Å². The standard InChI is InChI=1S/C12H21N2O5.Fm/c1-5-14(6-9(11(17)18)13-8-15)7-10(16)19-12(2,3)4;/h9H,5-7H2,1-4H3,(H,13,15)(H,17,18);/q-1;. The number of aliphatic carboxylic acids is 1. The minimum Gasteiger partial charge on any atom is -0.520 e. The van der Waals surface area contributed by atoms with Gasteiger partial charge in [0.2, 0.25) is 0 Å². The quantitative estimate of drug-likeness (QED) is 0.256. The summed E-state index contributed by atoms with van der Waals surface area (Å²) >= 11 is 0. The fraction of sp³-hybridized carbons (Fsp3) is 0.750. The number of carboxylic acids is 1. The number of carbonyl (C=O) groups excluding carboxylic acids is 2. The zero-order valence-corrected chi connectivity index (χ0v) is 14.4. The van der Waals surface area contributed by atoms with Crippen molar-refractivity contribution >= 4 is 18.3 Å². The van der Waals surface area contributed by atoms with Crippen molar-refractivity contribution in [1.29, 1.82) is 0 Å². The average Bonchev–Trinajstić information content (AvgIpc) is 2.24. The fourth-order valence-corrected chi connectivity index (χ4v) is 1.38. The van der Waals surface area contributed by atoms with Crippen molar-refractivity contribution in [1.82, 2.24) is 10.2 Å². The summed E-state index contributed by atoms with van der Waals surface area (Å²) in [6, 6.07) is -1.10. The van der Waals surface area contributed by atoms with Gasteiger partial charge in [0.1, 0.15) is 11.6 Å². The SMILES string of the molecule is CCN(CC(=O)OC(C)(C)C)CC(N[C-]=O)C(=O)O.[Fm]. The molecule has 2 N–H and O–H groups in total. The molecule has 0 aromatic rings. The number of nitrogens with zero attached hydrogens (tertiary/aromatic N) is 1. The zero-order valence-electron chi connectivity index (χ0n) is 12.0. The van der Waals surface area contributed by atoms with Gasteiger partial charge in [-0.25, -0.2) is 0 Å². The number of carboxylic acid groups (broad SMARTS) is 1. The molecule has 1 amide bonds. The first kappa shape index (κ1) is 19.7. The number of hydrogen-bond acceptors (Lipinski definition) is 5. The topological polar surface area (TPSA) is 95.9 Å². The van der Waals surface area contributed by atoms with E-state index in [2.05, 4.69) is 5.32 Å². The molecule has 0 aliphatic heterocycles. The second kappa shape index (κ2) is 8.47. The van der Waals surface area contributed by atoms with Crippen LogP contribution >= 0.6 is 0 Å². The van der Waals surface area contributed by atoms with Gasteiger partial charge in [-0.15, -0.1) is 0 Å². The van der Waals surface area contributed by atoms with E-state index in [1.165, 1.54) is 6.41 Å². The Kier molecular flexibility index (Phi) is 8.34. The van der Waals surface area contributed by atoms with Crippen molar-refractivity contribution in [3.8, 4) is 0 Å². The van der Waals surface area contributed by atoms with Gasteiger partial charge in [0.15, 0.2) is 0 Å². The van der Waals surface area contributed by atoms with E-state index in [1.54, 1.807) is 32.6 Å². The summed E-state index contributed by atoms with van der Waals surface area (Å²) in [5.74, 6) is -1.61. The summed E-state index contributed by atoms with van der Waals surface area (Å²) in [4.78, 5) is 34.3. The molecule has 0 saturated heterocycles. The van der Waals surface area contributed by atoms with E-state index in [1.807, 2.05) is 0 Å². The molecule has 0 bridgehead atoms. The Bertz CT molecular complexity index is 330. The van der Waals surface area contributed by atoms with E-state index < -0.39 is 23.6 Å². The number of carbonyl (C=O) groups is 2. The molecule has 0 aliphatic carbocycles. The van der Waals surface area contributed by atoms with Gasteiger partial charge in [-0.05, 0) is 27.3 Å². The first-order valence-corrected chi connectivity index (χ1v) is 5.99. The van der Waals surface area contributed by atoms with Crippen molar-refractivity contribution in [2.45, 2.75) is 39.3 Å². The predicted octanol–water partition coefficient (Wildman–Crippen LogP) is -0.240. The van der Waals surface area contributed by atoms with Crippen LogP contribution in [0.4, 0.5) is 0 Å². The summed E-state index contributed by atoms with van der Waals surface area (Å²) in [6.07, 6.45) is 1.35. The smallest absolute Gasteiger partial charge is 0.324 e. The molecule has 0 spiro atoms. The molecular weight excluding hydrogens is 509 g/mol. The molecule has 7 nitrogen and oxygen atoms in total. The molecular formula is C12H21FmN2O5-. The summed E-state index contributed by atoms with van der Waals surface area (Å²) in [7, 11) is 0. The summed E-state index contributed by atoms with van der Waals surface area (Å²) in [6.45, 7) is 7.49. The van der Waals surface area contributed by atoms with Crippen LogP contribution in [-0.4, -0.2) is 59.6 Å². The summed E-state index contributed by atoms with van der Waals surface area (Å²) in [5, 5.41) is 11.0. The summed E-state index contributed by atoms with van der Waals surface area (Å²) < 4.78 is 5.15. The van der Waals surface area contributed by atoms with Gasteiger partial charge in [-0.3, -0.25) is 14.5 Å². The molecule has 122 valence electrons. The Balaban J connectivity index is 0. The van der Waals surface area contributed by atoms with Crippen molar-refractivity contribution in [3.63, 3.8) is 0 Å². The summed E-state index contributed by atoms with van der Waals surface area (Å²) in [5.41, 5.74) is -0.586. The number of likely N-dealkylation sites (N-methyl/N-ethyl adjacent to an activating group) is 1. The van der Waals surface area contributed by atoms with E-state index in [9.17, 15) is 14.4 Å². The average molecular weight is 530 g/mol. The van der Waals surface area contributed by atoms with Crippen LogP contribution in [0.25, 0.3) is 0 Å². The molecule has 0 heterocycles. The van der Waals surface area contributed by atoms with Crippen LogP contribution in [0, 0.1) is 0 Å². The van der Waals surface area contributed by atoms with Crippen LogP contribution in [0.15, 0.2) is 0 Å². The third kappa shape index (κ3) is 8.46. The van der Waals surface area contributed by atoms with Crippen LogP contribution in [0.3, 0.4) is 0 Å². The molecule has 1 atom stereocenters. The van der Waals surface area contributed by atoms with Crippen molar-refractivity contribution in [2.75, 3.05) is 19.6 Å². The number of nitrogens with one attached hydrogen (secondary N) is 1. The van der Waals surface area contributed by atoms with Crippen molar-refractivity contribution in [3.05, 3.63) is 0 Å². The molecule has 20 heavy (non-hydrogen) atoms. The predicted molar refractivity (Wildman–Crippen MR) is 68.2 cm³/mol. The van der Waals surface area contributed by atoms with Crippen LogP contribution in [0.2, 0.25) is 0 Å². The number of ether oxygens (including phenoxy) is 1. The molecule has 0 aromatic heterocycles. The first-order chi connectivity index (χ1) is 8.69. The van der Waals surface area contributed by atoms with Gasteiger partial charge in [0.25, 0.3) is 0 Å². The van der Waals surface area contributed by atoms with E-state index in [4.69, 9.17) is 9.84 Å². The van der Waals surface area contributed by atoms with Crippen molar-refractivity contribution in [2.24, 2.45) is 0 Å². The Hall–Kier alpha value is -2.63. The Morgan fingerprint density at radius 3 is 2.30 bits per heavy atom. The third-order valence-corrected chi connectivity index (χ3v) is 2.19.